The van der Waals surface area contributed by atoms with Crippen molar-refractivity contribution in [1.82, 2.24) is 29.4 Å². The van der Waals surface area contributed by atoms with Gasteiger partial charge in [0.25, 0.3) is 0 Å². The Morgan fingerprint density at radius 2 is 1.88 bits per heavy atom. The van der Waals surface area contributed by atoms with Gasteiger partial charge in [-0.1, -0.05) is 0 Å². The van der Waals surface area contributed by atoms with E-state index in [1.807, 2.05) is 33.3 Å². The van der Waals surface area contributed by atoms with Crippen LogP contribution in [0.1, 0.15) is 5.69 Å². The number of alkyl halides is 3. The molecule has 180 valence electrons. The predicted octanol–water partition coefficient (Wildman–Crippen LogP) is 4.26. The van der Waals surface area contributed by atoms with Crippen LogP contribution in [-0.4, -0.2) is 63.7 Å². The van der Waals surface area contributed by atoms with Gasteiger partial charge in [-0.2, -0.15) is 23.4 Å². The van der Waals surface area contributed by atoms with Crippen molar-refractivity contribution >= 4 is 28.5 Å². The summed E-state index contributed by atoms with van der Waals surface area (Å²) in [5.74, 6) is 0.693. The van der Waals surface area contributed by atoms with Gasteiger partial charge in [0.2, 0.25) is 0 Å². The number of methoxy groups -OCH3 is 1. The summed E-state index contributed by atoms with van der Waals surface area (Å²) in [7, 11) is 7.48. The third-order valence-electron chi connectivity index (χ3n) is 5.13. The zero-order valence-corrected chi connectivity index (χ0v) is 19.9. The van der Waals surface area contributed by atoms with E-state index in [-0.39, 0.29) is 5.69 Å². The van der Waals surface area contributed by atoms with E-state index in [0.717, 1.165) is 40.3 Å². The van der Waals surface area contributed by atoms with Crippen molar-refractivity contribution in [3.8, 4) is 11.4 Å². The molecule has 4 rings (SSSR count). The molecule has 0 fully saturated rings. The van der Waals surface area contributed by atoms with Crippen LogP contribution in [0.2, 0.25) is 0 Å². The van der Waals surface area contributed by atoms with Gasteiger partial charge < -0.3 is 13.9 Å². The number of nitrogens with zero attached hydrogens (tertiary/aromatic N) is 7. The SMILES string of the molecule is COc1ccc2cnn(C)c2c1N(CCN(C)C)Sc1cnn(-c2ccnc(C(F)(F)F)c2)c1. The van der Waals surface area contributed by atoms with E-state index in [0.29, 0.717) is 12.3 Å². The fourth-order valence-corrected chi connectivity index (χ4v) is 4.40. The zero-order chi connectivity index (χ0) is 24.5. The van der Waals surface area contributed by atoms with Crippen LogP contribution >= 0.6 is 11.9 Å². The molecule has 0 bridgehead atoms. The van der Waals surface area contributed by atoms with E-state index in [9.17, 15) is 13.2 Å². The summed E-state index contributed by atoms with van der Waals surface area (Å²) in [6.07, 6.45) is 1.72. The van der Waals surface area contributed by atoms with Gasteiger partial charge in [-0.15, -0.1) is 0 Å². The molecular weight excluding hydrogens is 467 g/mol. The van der Waals surface area contributed by atoms with Crippen molar-refractivity contribution in [3.63, 3.8) is 0 Å². The lowest BCUT2D eigenvalue weighted by Crippen LogP contribution is -2.27. The molecule has 0 aliphatic heterocycles. The molecule has 0 N–H and O–H groups in total. The summed E-state index contributed by atoms with van der Waals surface area (Å²) in [6, 6.07) is 6.32. The Balaban J connectivity index is 1.70. The number of anilines is 1. The van der Waals surface area contributed by atoms with Crippen molar-refractivity contribution < 1.29 is 17.9 Å². The third-order valence-corrected chi connectivity index (χ3v) is 6.14. The quantitative estimate of drug-likeness (QED) is 0.341. The van der Waals surface area contributed by atoms with Gasteiger partial charge in [-0.25, -0.2) is 4.68 Å². The van der Waals surface area contributed by atoms with Crippen molar-refractivity contribution in [2.24, 2.45) is 7.05 Å². The van der Waals surface area contributed by atoms with Crippen molar-refractivity contribution in [3.05, 3.63) is 54.7 Å². The largest absolute Gasteiger partial charge is 0.494 e. The monoisotopic (exact) mass is 491 g/mol. The molecule has 0 saturated carbocycles. The minimum absolute atomic E-state index is 0.278. The average molecular weight is 492 g/mol. The number of pyridine rings is 1. The Labute approximate surface area is 199 Å². The highest BCUT2D eigenvalue weighted by Gasteiger charge is 2.32. The highest BCUT2D eigenvalue weighted by Crippen LogP contribution is 2.41. The van der Waals surface area contributed by atoms with Crippen molar-refractivity contribution in [2.45, 2.75) is 11.1 Å². The van der Waals surface area contributed by atoms with E-state index in [2.05, 4.69) is 24.4 Å². The van der Waals surface area contributed by atoms with Crippen LogP contribution < -0.4 is 9.04 Å². The lowest BCUT2D eigenvalue weighted by atomic mass is 10.2. The summed E-state index contributed by atoms with van der Waals surface area (Å²) in [5, 5.41) is 9.64. The van der Waals surface area contributed by atoms with Gasteiger partial charge in [0.05, 0.1) is 35.6 Å². The van der Waals surface area contributed by atoms with Crippen LogP contribution in [0.4, 0.5) is 18.9 Å². The molecule has 0 atom stereocenters. The highest BCUT2D eigenvalue weighted by atomic mass is 32.2. The minimum Gasteiger partial charge on any atom is -0.494 e. The summed E-state index contributed by atoms with van der Waals surface area (Å²) in [6.45, 7) is 1.41. The van der Waals surface area contributed by atoms with Crippen LogP contribution in [0, 0.1) is 0 Å². The maximum Gasteiger partial charge on any atom is 0.433 e. The molecule has 0 unspecified atom stereocenters. The predicted molar refractivity (Wildman–Crippen MR) is 125 cm³/mol. The molecule has 0 aliphatic carbocycles. The van der Waals surface area contributed by atoms with Gasteiger partial charge >= 0.3 is 6.18 Å². The summed E-state index contributed by atoms with van der Waals surface area (Å²) < 4.78 is 50.2. The van der Waals surface area contributed by atoms with Crippen LogP contribution in [0.3, 0.4) is 0 Å². The average Bonchev–Trinajstić information content (AvgIpc) is 3.42. The molecule has 1 aromatic carbocycles. The molecule has 0 spiro atoms. The van der Waals surface area contributed by atoms with E-state index >= 15 is 0 Å². The van der Waals surface area contributed by atoms with E-state index in [1.54, 1.807) is 30.4 Å². The molecular formula is C22H24F3N7OS. The van der Waals surface area contributed by atoms with Crippen LogP contribution in [0.25, 0.3) is 16.6 Å². The van der Waals surface area contributed by atoms with Gasteiger partial charge in [-0.05, 0) is 50.3 Å². The van der Waals surface area contributed by atoms with E-state index in [1.165, 1.54) is 22.7 Å². The van der Waals surface area contributed by atoms with Crippen LogP contribution in [0.15, 0.2) is 53.9 Å². The molecule has 3 heterocycles. The van der Waals surface area contributed by atoms with Crippen LogP contribution in [0.5, 0.6) is 5.75 Å². The summed E-state index contributed by atoms with van der Waals surface area (Å²) >= 11 is 1.43. The molecule has 3 aromatic heterocycles. The van der Waals surface area contributed by atoms with E-state index in [4.69, 9.17) is 4.74 Å². The first-order chi connectivity index (χ1) is 16.2. The molecule has 12 heteroatoms. The van der Waals surface area contributed by atoms with E-state index < -0.39 is 11.9 Å². The Morgan fingerprint density at radius 1 is 1.09 bits per heavy atom. The van der Waals surface area contributed by atoms with Crippen molar-refractivity contribution in [2.75, 3.05) is 38.6 Å². The molecule has 34 heavy (non-hydrogen) atoms. The lowest BCUT2D eigenvalue weighted by molar-refractivity contribution is -0.141. The zero-order valence-electron chi connectivity index (χ0n) is 19.1. The fourth-order valence-electron chi connectivity index (χ4n) is 3.47. The first-order valence-corrected chi connectivity index (χ1v) is 11.1. The number of likely N-dealkylation sites (N-methyl/N-ethyl adjacent to an activating group) is 1. The Bertz CT molecular complexity index is 1290. The number of hydrogen-bond donors (Lipinski definition) is 0. The Hall–Kier alpha value is -3.25. The van der Waals surface area contributed by atoms with Crippen molar-refractivity contribution in [1.29, 1.82) is 0 Å². The molecule has 0 radical (unpaired) electrons. The smallest absolute Gasteiger partial charge is 0.433 e. The van der Waals surface area contributed by atoms with Gasteiger partial charge in [0.15, 0.2) is 0 Å². The summed E-state index contributed by atoms with van der Waals surface area (Å²) in [5.41, 5.74) is 1.10. The molecule has 8 nitrogen and oxygen atoms in total. The second-order valence-corrected chi connectivity index (χ2v) is 8.93. The second kappa shape index (κ2) is 9.55. The first-order valence-electron chi connectivity index (χ1n) is 10.3. The topological polar surface area (TPSA) is 64.2 Å². The van der Waals surface area contributed by atoms with Gasteiger partial charge in [0, 0.05) is 37.9 Å². The number of rotatable bonds is 8. The lowest BCUT2D eigenvalue weighted by Gasteiger charge is -2.27. The van der Waals surface area contributed by atoms with Gasteiger partial charge in [0.1, 0.15) is 17.1 Å². The number of benzene rings is 1. The number of aryl methyl sites for hydroxylation is 1. The Kier molecular flexibility index (Phi) is 6.71. The summed E-state index contributed by atoms with van der Waals surface area (Å²) in [4.78, 5) is 6.24. The number of fused-ring (bicyclic) bond motifs is 1. The van der Waals surface area contributed by atoms with Gasteiger partial charge in [-0.3, -0.25) is 9.67 Å². The minimum atomic E-state index is -4.53. The maximum atomic E-state index is 13.1. The fraction of sp³-hybridized carbons (Fsp3) is 0.318. The second-order valence-electron chi connectivity index (χ2n) is 7.84. The standard InChI is InChI=1S/C22H24F3N7OS/c1-29(2)9-10-32(21-18(33-4)6-5-15-12-27-30(3)20(15)21)34-17-13-28-31(14-17)16-7-8-26-19(11-16)22(23,24)25/h5-8,11-14H,9-10H2,1-4H3. The highest BCUT2D eigenvalue weighted by molar-refractivity contribution is 8.00. The first kappa shape index (κ1) is 23.9. The number of halogens is 3. The number of hydrogen-bond acceptors (Lipinski definition) is 7. The maximum absolute atomic E-state index is 13.1. The number of aromatic nitrogens is 5. The molecule has 0 aliphatic rings. The molecule has 0 saturated heterocycles. The Morgan fingerprint density at radius 3 is 2.59 bits per heavy atom. The number of ether oxygens (including phenoxy) is 1. The third kappa shape index (κ3) is 4.97. The molecule has 0 amide bonds. The van der Waals surface area contributed by atoms with Crippen LogP contribution in [-0.2, 0) is 13.2 Å². The normalized spacial score (nSPS) is 12.0. The molecule has 4 aromatic rings.